The van der Waals surface area contributed by atoms with Crippen LogP contribution in [-0.2, 0) is 0 Å². The van der Waals surface area contributed by atoms with E-state index in [1.54, 1.807) is 0 Å². The minimum absolute atomic E-state index is 0.243. The van der Waals surface area contributed by atoms with E-state index in [0.717, 1.165) is 19.0 Å². The van der Waals surface area contributed by atoms with E-state index in [4.69, 9.17) is 0 Å². The molecule has 1 N–H and O–H groups in total. The zero-order valence-electron chi connectivity index (χ0n) is 6.88. The summed E-state index contributed by atoms with van der Waals surface area (Å²) < 4.78 is 0. The molecule has 2 nitrogen and oxygen atoms in total. The van der Waals surface area contributed by atoms with Gasteiger partial charge >= 0.3 is 7.05 Å². The highest BCUT2D eigenvalue weighted by molar-refractivity contribution is 6.45. The van der Waals surface area contributed by atoms with Crippen LogP contribution in [0.4, 0.5) is 0 Å². The third-order valence-corrected chi connectivity index (χ3v) is 2.35. The van der Waals surface area contributed by atoms with Crippen LogP contribution >= 0.6 is 0 Å². The molecule has 58 valence electrons. The highest BCUT2D eigenvalue weighted by atomic mass is 16.2. The van der Waals surface area contributed by atoms with E-state index in [0.29, 0.717) is 0 Å². The highest BCUT2D eigenvalue weighted by Gasteiger charge is 2.20. The van der Waals surface area contributed by atoms with Crippen LogP contribution in [0.15, 0.2) is 0 Å². The van der Waals surface area contributed by atoms with Gasteiger partial charge in [0.25, 0.3) is 0 Å². The first kappa shape index (κ1) is 8.09. The molecule has 3 heteroatoms. The second-order valence-corrected chi connectivity index (χ2v) is 3.35. The normalized spacial score (nSPS) is 23.1. The quantitative estimate of drug-likeness (QED) is 0.546. The van der Waals surface area contributed by atoms with Crippen LogP contribution in [0.25, 0.3) is 0 Å². The van der Waals surface area contributed by atoms with Gasteiger partial charge in [-0.3, -0.25) is 0 Å². The van der Waals surface area contributed by atoms with Gasteiger partial charge in [-0.25, -0.2) is 0 Å². The van der Waals surface area contributed by atoms with Crippen molar-refractivity contribution in [2.24, 2.45) is 5.92 Å². The number of rotatable bonds is 1. The van der Waals surface area contributed by atoms with Gasteiger partial charge in [0.1, 0.15) is 0 Å². The summed E-state index contributed by atoms with van der Waals surface area (Å²) >= 11 is 0. The lowest BCUT2D eigenvalue weighted by molar-refractivity contribution is 0.262. The largest absolute Gasteiger partial charge is 0.437 e. The average molecular weight is 141 g/mol. The number of hydrogen-bond donors (Lipinski definition) is 1. The molecular weight excluding hydrogens is 125 g/mol. The van der Waals surface area contributed by atoms with Crippen LogP contribution in [0, 0.1) is 5.92 Å². The minimum atomic E-state index is -0.243. The Morgan fingerprint density at radius 3 is 2.30 bits per heavy atom. The van der Waals surface area contributed by atoms with Gasteiger partial charge in [0.05, 0.1) is 0 Å². The predicted octanol–water partition coefficient (Wildman–Crippen LogP) is 0.829. The zero-order valence-corrected chi connectivity index (χ0v) is 6.88. The highest BCUT2D eigenvalue weighted by Crippen LogP contribution is 2.15. The van der Waals surface area contributed by atoms with Crippen molar-refractivity contribution in [1.29, 1.82) is 0 Å². The fourth-order valence-electron chi connectivity index (χ4n) is 1.40. The Labute approximate surface area is 63.4 Å². The van der Waals surface area contributed by atoms with E-state index in [1.807, 2.05) is 6.82 Å². The van der Waals surface area contributed by atoms with Crippen LogP contribution in [0.3, 0.4) is 0 Å². The van der Waals surface area contributed by atoms with Gasteiger partial charge in [-0.1, -0.05) is 6.92 Å². The summed E-state index contributed by atoms with van der Waals surface area (Å²) in [5, 5.41) is 9.19. The van der Waals surface area contributed by atoms with Crippen LogP contribution in [0.1, 0.15) is 19.8 Å². The Morgan fingerprint density at radius 1 is 1.40 bits per heavy atom. The van der Waals surface area contributed by atoms with E-state index >= 15 is 0 Å². The summed E-state index contributed by atoms with van der Waals surface area (Å²) in [6.07, 6.45) is 2.48. The molecule has 1 saturated heterocycles. The van der Waals surface area contributed by atoms with Gasteiger partial charge in [0.2, 0.25) is 0 Å². The van der Waals surface area contributed by atoms with Crippen molar-refractivity contribution in [3.8, 4) is 0 Å². The van der Waals surface area contributed by atoms with Gasteiger partial charge in [-0.15, -0.1) is 0 Å². The van der Waals surface area contributed by atoms with E-state index < -0.39 is 0 Å². The van der Waals surface area contributed by atoms with Crippen LogP contribution in [0.5, 0.6) is 0 Å². The second kappa shape index (κ2) is 3.40. The first-order chi connectivity index (χ1) is 4.70. The molecule has 1 heterocycles. The molecule has 1 rings (SSSR count). The first-order valence-electron chi connectivity index (χ1n) is 4.12. The zero-order chi connectivity index (χ0) is 7.56. The molecule has 0 unspecified atom stereocenters. The van der Waals surface area contributed by atoms with E-state index in [9.17, 15) is 5.02 Å². The van der Waals surface area contributed by atoms with Crippen LogP contribution < -0.4 is 0 Å². The summed E-state index contributed by atoms with van der Waals surface area (Å²) in [6.45, 7) is 6.26. The summed E-state index contributed by atoms with van der Waals surface area (Å²) in [5.41, 5.74) is 0. The van der Waals surface area contributed by atoms with Crippen molar-refractivity contribution < 1.29 is 5.02 Å². The molecule has 0 aromatic rings. The molecule has 0 saturated carbocycles. The van der Waals surface area contributed by atoms with Gasteiger partial charge in [0, 0.05) is 0 Å². The topological polar surface area (TPSA) is 23.5 Å². The molecule has 0 spiro atoms. The van der Waals surface area contributed by atoms with Gasteiger partial charge in [0.15, 0.2) is 0 Å². The van der Waals surface area contributed by atoms with Crippen molar-refractivity contribution in [3.05, 3.63) is 0 Å². The molecule has 0 aromatic carbocycles. The number of hydrogen-bond acceptors (Lipinski definition) is 2. The second-order valence-electron chi connectivity index (χ2n) is 3.35. The van der Waals surface area contributed by atoms with E-state index in [-0.39, 0.29) is 7.05 Å². The minimum Gasteiger partial charge on any atom is -0.437 e. The number of nitrogens with zero attached hydrogens (tertiary/aromatic N) is 1. The fraction of sp³-hybridized carbons (Fsp3) is 1.00. The third kappa shape index (κ3) is 1.99. The number of piperidine rings is 1. The summed E-state index contributed by atoms with van der Waals surface area (Å²) in [6, 6.07) is 0. The van der Waals surface area contributed by atoms with Crippen molar-refractivity contribution in [3.63, 3.8) is 0 Å². The Hall–Kier alpha value is -0.0151. The van der Waals surface area contributed by atoms with Gasteiger partial charge in [-0.05, 0) is 38.7 Å². The van der Waals surface area contributed by atoms with Gasteiger partial charge in [-0.2, -0.15) is 0 Å². The lowest BCUT2D eigenvalue weighted by atomic mass is 9.81. The van der Waals surface area contributed by atoms with Crippen molar-refractivity contribution >= 4 is 7.05 Å². The van der Waals surface area contributed by atoms with Crippen molar-refractivity contribution in [2.45, 2.75) is 26.6 Å². The first-order valence-corrected chi connectivity index (χ1v) is 4.12. The monoisotopic (exact) mass is 141 g/mol. The third-order valence-electron chi connectivity index (χ3n) is 2.35. The Bertz CT molecular complexity index is 99.8. The molecule has 0 atom stereocenters. The van der Waals surface area contributed by atoms with Crippen LogP contribution in [-0.4, -0.2) is 30.0 Å². The Morgan fingerprint density at radius 2 is 1.90 bits per heavy atom. The summed E-state index contributed by atoms with van der Waals surface area (Å²) in [7, 11) is -0.243. The van der Waals surface area contributed by atoms with Crippen LogP contribution in [0.2, 0.25) is 6.82 Å². The smallest absolute Gasteiger partial charge is 0.376 e. The molecule has 0 aromatic heterocycles. The Balaban J connectivity index is 2.26. The maximum Gasteiger partial charge on any atom is 0.376 e. The standard InChI is InChI=1S/C7H16BNO/c1-7-3-5-9(6-4-7)8(2)10/h7,10H,3-6H2,1-2H3. The predicted molar refractivity (Wildman–Crippen MR) is 43.8 cm³/mol. The molecule has 1 fully saturated rings. The molecule has 1 aliphatic heterocycles. The molecule has 0 radical (unpaired) electrons. The van der Waals surface area contributed by atoms with E-state index in [2.05, 4.69) is 11.7 Å². The molecule has 10 heavy (non-hydrogen) atoms. The molecule has 0 bridgehead atoms. The molecular formula is C7H16BNO. The van der Waals surface area contributed by atoms with E-state index in [1.165, 1.54) is 12.8 Å². The summed E-state index contributed by atoms with van der Waals surface area (Å²) in [4.78, 5) is 2.12. The van der Waals surface area contributed by atoms with Crippen molar-refractivity contribution in [1.82, 2.24) is 4.81 Å². The maximum absolute atomic E-state index is 9.19. The summed E-state index contributed by atoms with van der Waals surface area (Å²) in [5.74, 6) is 0.856. The Kier molecular flexibility index (Phi) is 2.75. The molecule has 0 aliphatic carbocycles. The lowest BCUT2D eigenvalue weighted by Gasteiger charge is -2.30. The SMILES string of the molecule is CB(O)N1CCC(C)CC1. The maximum atomic E-state index is 9.19. The van der Waals surface area contributed by atoms with Gasteiger partial charge < -0.3 is 9.83 Å². The fourth-order valence-corrected chi connectivity index (χ4v) is 1.40. The lowest BCUT2D eigenvalue weighted by Crippen LogP contribution is -2.42. The average Bonchev–Trinajstić information content (AvgIpc) is 1.88. The van der Waals surface area contributed by atoms with Crippen molar-refractivity contribution in [2.75, 3.05) is 13.1 Å². The molecule has 1 aliphatic rings. The molecule has 0 amide bonds.